The van der Waals surface area contributed by atoms with E-state index in [2.05, 4.69) is 18.0 Å². The first-order valence-electron chi connectivity index (χ1n) is 8.43. The van der Waals surface area contributed by atoms with E-state index in [1.54, 1.807) is 28.4 Å². The summed E-state index contributed by atoms with van der Waals surface area (Å²) >= 11 is 0. The van der Waals surface area contributed by atoms with E-state index in [1.807, 2.05) is 30.3 Å². The van der Waals surface area contributed by atoms with Crippen LogP contribution in [-0.2, 0) is 19.5 Å². The van der Waals surface area contributed by atoms with Gasteiger partial charge in [-0.1, -0.05) is 18.2 Å². The van der Waals surface area contributed by atoms with E-state index in [1.165, 1.54) is 0 Å². The standard InChI is InChI=1S/C21H27NO4/c1-6-7-16-10-15(11-20(25-4)21(16)26-5)13-22-14-17-8-9-18(23-2)12-19(17)24-3/h6,8-12,22H,1,7,13-14H2,2-5H3. The minimum absolute atomic E-state index is 0.679. The van der Waals surface area contributed by atoms with Gasteiger partial charge in [-0.3, -0.25) is 0 Å². The van der Waals surface area contributed by atoms with Gasteiger partial charge < -0.3 is 24.3 Å². The Morgan fingerprint density at radius 2 is 1.62 bits per heavy atom. The molecule has 0 radical (unpaired) electrons. The Labute approximate surface area is 155 Å². The topological polar surface area (TPSA) is 49.0 Å². The van der Waals surface area contributed by atoms with Crippen LogP contribution in [-0.4, -0.2) is 28.4 Å². The van der Waals surface area contributed by atoms with Crippen LogP contribution in [0.5, 0.6) is 23.0 Å². The molecule has 0 saturated carbocycles. The van der Waals surface area contributed by atoms with Crippen LogP contribution in [0.15, 0.2) is 43.0 Å². The number of nitrogens with one attached hydrogen (secondary N) is 1. The second-order valence-corrected chi connectivity index (χ2v) is 5.76. The van der Waals surface area contributed by atoms with Gasteiger partial charge in [0.05, 0.1) is 28.4 Å². The molecule has 1 N–H and O–H groups in total. The van der Waals surface area contributed by atoms with Crippen molar-refractivity contribution in [1.29, 1.82) is 0 Å². The van der Waals surface area contributed by atoms with E-state index < -0.39 is 0 Å². The van der Waals surface area contributed by atoms with Crippen molar-refractivity contribution in [3.8, 4) is 23.0 Å². The van der Waals surface area contributed by atoms with E-state index in [-0.39, 0.29) is 0 Å². The van der Waals surface area contributed by atoms with Gasteiger partial charge in [0.1, 0.15) is 11.5 Å². The van der Waals surface area contributed by atoms with Crippen LogP contribution in [0.1, 0.15) is 16.7 Å². The Morgan fingerprint density at radius 1 is 0.846 bits per heavy atom. The number of methoxy groups -OCH3 is 4. The highest BCUT2D eigenvalue weighted by Crippen LogP contribution is 2.33. The molecule has 0 unspecified atom stereocenters. The fourth-order valence-corrected chi connectivity index (χ4v) is 2.86. The molecule has 5 heteroatoms. The predicted molar refractivity (Wildman–Crippen MR) is 104 cm³/mol. The van der Waals surface area contributed by atoms with Crippen molar-refractivity contribution < 1.29 is 18.9 Å². The van der Waals surface area contributed by atoms with Crippen LogP contribution in [0.25, 0.3) is 0 Å². The van der Waals surface area contributed by atoms with Crippen molar-refractivity contribution in [2.75, 3.05) is 28.4 Å². The van der Waals surface area contributed by atoms with Gasteiger partial charge in [0.2, 0.25) is 0 Å². The molecule has 0 aliphatic carbocycles. The smallest absolute Gasteiger partial charge is 0.164 e. The number of ether oxygens (including phenoxy) is 4. The maximum absolute atomic E-state index is 5.48. The van der Waals surface area contributed by atoms with Crippen molar-refractivity contribution in [3.05, 3.63) is 59.7 Å². The molecule has 0 aliphatic rings. The number of hydrogen-bond donors (Lipinski definition) is 1. The molecule has 0 aromatic heterocycles. The molecule has 2 rings (SSSR count). The highest BCUT2D eigenvalue weighted by Gasteiger charge is 2.12. The van der Waals surface area contributed by atoms with Crippen LogP contribution in [0.3, 0.4) is 0 Å². The maximum Gasteiger partial charge on any atom is 0.164 e. The molecular weight excluding hydrogens is 330 g/mol. The second kappa shape index (κ2) is 9.73. The summed E-state index contributed by atoms with van der Waals surface area (Å²) in [5, 5.41) is 3.45. The average molecular weight is 357 g/mol. The van der Waals surface area contributed by atoms with E-state index in [0.717, 1.165) is 46.1 Å². The van der Waals surface area contributed by atoms with Gasteiger partial charge in [-0.15, -0.1) is 6.58 Å². The first kappa shape index (κ1) is 19.7. The minimum Gasteiger partial charge on any atom is -0.497 e. The minimum atomic E-state index is 0.679. The fraction of sp³-hybridized carbons (Fsp3) is 0.333. The fourth-order valence-electron chi connectivity index (χ4n) is 2.86. The monoisotopic (exact) mass is 357 g/mol. The molecule has 5 nitrogen and oxygen atoms in total. The Hall–Kier alpha value is -2.66. The van der Waals surface area contributed by atoms with Gasteiger partial charge in [0.25, 0.3) is 0 Å². The lowest BCUT2D eigenvalue weighted by Crippen LogP contribution is -2.14. The van der Waals surface area contributed by atoms with E-state index >= 15 is 0 Å². The molecule has 0 atom stereocenters. The maximum atomic E-state index is 5.48. The highest BCUT2D eigenvalue weighted by molar-refractivity contribution is 5.50. The van der Waals surface area contributed by atoms with E-state index in [0.29, 0.717) is 13.1 Å². The van der Waals surface area contributed by atoms with Crippen LogP contribution in [0.4, 0.5) is 0 Å². The largest absolute Gasteiger partial charge is 0.497 e. The van der Waals surface area contributed by atoms with E-state index in [9.17, 15) is 0 Å². The lowest BCUT2D eigenvalue weighted by molar-refractivity contribution is 0.351. The molecule has 26 heavy (non-hydrogen) atoms. The third-order valence-corrected chi connectivity index (χ3v) is 4.12. The summed E-state index contributed by atoms with van der Waals surface area (Å²) in [5.41, 5.74) is 3.24. The number of hydrogen-bond acceptors (Lipinski definition) is 5. The molecule has 0 fully saturated rings. The molecule has 2 aromatic carbocycles. The zero-order valence-corrected chi connectivity index (χ0v) is 15.9. The number of rotatable bonds is 10. The normalized spacial score (nSPS) is 10.3. The first-order valence-corrected chi connectivity index (χ1v) is 8.43. The van der Waals surface area contributed by atoms with Gasteiger partial charge >= 0.3 is 0 Å². The van der Waals surface area contributed by atoms with Crippen LogP contribution in [0, 0.1) is 0 Å². The molecular formula is C21H27NO4. The van der Waals surface area contributed by atoms with Crippen molar-refractivity contribution in [2.24, 2.45) is 0 Å². The number of allylic oxidation sites excluding steroid dienone is 1. The van der Waals surface area contributed by atoms with Crippen LogP contribution >= 0.6 is 0 Å². The third kappa shape index (κ3) is 4.70. The summed E-state index contributed by atoms with van der Waals surface area (Å²) in [6.07, 6.45) is 2.58. The van der Waals surface area contributed by atoms with E-state index in [4.69, 9.17) is 18.9 Å². The van der Waals surface area contributed by atoms with Gasteiger partial charge in [-0.2, -0.15) is 0 Å². The summed E-state index contributed by atoms with van der Waals surface area (Å²) in [7, 11) is 6.60. The molecule has 0 bridgehead atoms. The van der Waals surface area contributed by atoms with Gasteiger partial charge in [0, 0.05) is 30.3 Å². The quantitative estimate of drug-likeness (QED) is 0.657. The molecule has 0 spiro atoms. The predicted octanol–water partition coefficient (Wildman–Crippen LogP) is 3.74. The summed E-state index contributed by atoms with van der Waals surface area (Å²) in [6, 6.07) is 9.92. The zero-order chi connectivity index (χ0) is 18.9. The van der Waals surface area contributed by atoms with Crippen LogP contribution < -0.4 is 24.3 Å². The molecule has 2 aromatic rings. The van der Waals surface area contributed by atoms with Crippen molar-refractivity contribution in [1.82, 2.24) is 5.32 Å². The summed E-state index contributed by atoms with van der Waals surface area (Å²) in [6.45, 7) is 5.19. The molecule has 0 heterocycles. The second-order valence-electron chi connectivity index (χ2n) is 5.76. The molecule has 0 amide bonds. The lowest BCUT2D eigenvalue weighted by atomic mass is 10.1. The highest BCUT2D eigenvalue weighted by atomic mass is 16.5. The Morgan fingerprint density at radius 3 is 2.23 bits per heavy atom. The Bertz CT molecular complexity index is 743. The average Bonchev–Trinajstić information content (AvgIpc) is 2.67. The summed E-state index contributed by atoms with van der Waals surface area (Å²) < 4.78 is 21.6. The van der Waals surface area contributed by atoms with Gasteiger partial charge in [0.15, 0.2) is 11.5 Å². The summed E-state index contributed by atoms with van der Waals surface area (Å²) in [4.78, 5) is 0. The molecule has 0 aliphatic heterocycles. The van der Waals surface area contributed by atoms with Gasteiger partial charge in [-0.05, 0) is 24.1 Å². The van der Waals surface area contributed by atoms with Crippen molar-refractivity contribution in [3.63, 3.8) is 0 Å². The van der Waals surface area contributed by atoms with Crippen molar-refractivity contribution in [2.45, 2.75) is 19.5 Å². The Kier molecular flexibility index (Phi) is 7.36. The van der Waals surface area contributed by atoms with Crippen LogP contribution in [0.2, 0.25) is 0 Å². The zero-order valence-electron chi connectivity index (χ0n) is 15.9. The number of benzene rings is 2. The third-order valence-electron chi connectivity index (χ3n) is 4.12. The first-order chi connectivity index (χ1) is 12.7. The van der Waals surface area contributed by atoms with Gasteiger partial charge in [-0.25, -0.2) is 0 Å². The summed E-state index contributed by atoms with van der Waals surface area (Å²) in [5.74, 6) is 3.06. The Balaban J connectivity index is 2.12. The van der Waals surface area contributed by atoms with Crippen molar-refractivity contribution >= 4 is 0 Å². The lowest BCUT2D eigenvalue weighted by Gasteiger charge is -2.15. The molecule has 0 saturated heterocycles. The SMILES string of the molecule is C=CCc1cc(CNCc2ccc(OC)cc2OC)cc(OC)c1OC. The molecule has 140 valence electrons.